The predicted octanol–water partition coefficient (Wildman–Crippen LogP) is 2.84. The molecule has 5 nitrogen and oxygen atoms in total. The van der Waals surface area contributed by atoms with E-state index in [1.165, 1.54) is 18.2 Å². The van der Waals surface area contributed by atoms with Gasteiger partial charge >= 0.3 is 0 Å². The highest BCUT2D eigenvalue weighted by Gasteiger charge is 2.24. The molecule has 0 aliphatic carbocycles. The standard InChI is InChI=1S/C15H14FN3O2/c16-13-4-2-1-3-11(13)15-12-9-10(19(20)21)5-6-14(12)17-7-8-18-15/h1-6,9,15,17-18H,7-8H2. The number of nitro benzene ring substituents is 1. The van der Waals surface area contributed by atoms with Crippen LogP contribution in [0.4, 0.5) is 15.8 Å². The summed E-state index contributed by atoms with van der Waals surface area (Å²) in [5.74, 6) is -0.325. The van der Waals surface area contributed by atoms with Gasteiger partial charge in [0.05, 0.1) is 11.0 Å². The van der Waals surface area contributed by atoms with Crippen molar-refractivity contribution in [3.8, 4) is 0 Å². The van der Waals surface area contributed by atoms with E-state index in [0.717, 1.165) is 5.69 Å². The lowest BCUT2D eigenvalue weighted by molar-refractivity contribution is -0.384. The minimum Gasteiger partial charge on any atom is -0.383 e. The van der Waals surface area contributed by atoms with Gasteiger partial charge in [0.1, 0.15) is 5.82 Å². The number of hydrogen-bond donors (Lipinski definition) is 2. The average Bonchev–Trinajstić information content (AvgIpc) is 2.69. The van der Waals surface area contributed by atoms with E-state index >= 15 is 0 Å². The monoisotopic (exact) mass is 287 g/mol. The van der Waals surface area contributed by atoms with Gasteiger partial charge in [-0.3, -0.25) is 10.1 Å². The highest BCUT2D eigenvalue weighted by Crippen LogP contribution is 2.33. The van der Waals surface area contributed by atoms with Crippen LogP contribution in [0.5, 0.6) is 0 Å². The van der Waals surface area contributed by atoms with Gasteiger partial charge in [0, 0.05) is 42.0 Å². The largest absolute Gasteiger partial charge is 0.383 e. The first-order valence-corrected chi connectivity index (χ1v) is 6.67. The summed E-state index contributed by atoms with van der Waals surface area (Å²) in [6.07, 6.45) is 0. The van der Waals surface area contributed by atoms with E-state index in [-0.39, 0.29) is 11.5 Å². The molecule has 0 bridgehead atoms. The first-order chi connectivity index (χ1) is 10.2. The van der Waals surface area contributed by atoms with E-state index in [1.54, 1.807) is 24.3 Å². The summed E-state index contributed by atoms with van der Waals surface area (Å²) in [6.45, 7) is 1.32. The second-order valence-electron chi connectivity index (χ2n) is 4.86. The van der Waals surface area contributed by atoms with Crippen molar-refractivity contribution in [1.82, 2.24) is 5.32 Å². The Kier molecular flexibility index (Phi) is 3.53. The molecule has 1 atom stereocenters. The van der Waals surface area contributed by atoms with Crippen molar-refractivity contribution in [3.63, 3.8) is 0 Å². The summed E-state index contributed by atoms with van der Waals surface area (Å²) in [6, 6.07) is 10.7. The summed E-state index contributed by atoms with van der Waals surface area (Å²) >= 11 is 0. The van der Waals surface area contributed by atoms with Gasteiger partial charge < -0.3 is 10.6 Å². The molecule has 108 valence electrons. The highest BCUT2D eigenvalue weighted by atomic mass is 19.1. The number of non-ortho nitro benzene ring substituents is 1. The quantitative estimate of drug-likeness (QED) is 0.658. The van der Waals surface area contributed by atoms with Gasteiger partial charge in [-0.15, -0.1) is 0 Å². The number of nitrogens with one attached hydrogen (secondary N) is 2. The van der Waals surface area contributed by atoms with Crippen LogP contribution in [0.15, 0.2) is 42.5 Å². The lowest BCUT2D eigenvalue weighted by Crippen LogP contribution is -2.24. The van der Waals surface area contributed by atoms with Crippen LogP contribution in [0, 0.1) is 15.9 Å². The van der Waals surface area contributed by atoms with Crippen LogP contribution < -0.4 is 10.6 Å². The second kappa shape index (κ2) is 5.49. The van der Waals surface area contributed by atoms with Crippen molar-refractivity contribution in [2.24, 2.45) is 0 Å². The van der Waals surface area contributed by atoms with Crippen LogP contribution in [-0.2, 0) is 0 Å². The summed E-state index contributed by atoms with van der Waals surface area (Å²) in [4.78, 5) is 10.5. The third kappa shape index (κ3) is 2.57. The molecule has 2 aromatic carbocycles. The van der Waals surface area contributed by atoms with E-state index in [1.807, 2.05) is 0 Å². The predicted molar refractivity (Wildman–Crippen MR) is 77.8 cm³/mol. The number of nitro groups is 1. The number of benzene rings is 2. The first-order valence-electron chi connectivity index (χ1n) is 6.67. The average molecular weight is 287 g/mol. The molecule has 0 radical (unpaired) electrons. The SMILES string of the molecule is O=[N+]([O-])c1ccc2c(c1)C(c1ccccc1F)NCCN2. The number of rotatable bonds is 2. The van der Waals surface area contributed by atoms with Crippen molar-refractivity contribution in [3.05, 3.63) is 69.5 Å². The third-order valence-electron chi connectivity index (χ3n) is 3.56. The van der Waals surface area contributed by atoms with Gasteiger partial charge in [-0.2, -0.15) is 0 Å². The molecule has 0 amide bonds. The van der Waals surface area contributed by atoms with Gasteiger partial charge in [-0.05, 0) is 12.1 Å². The summed E-state index contributed by atoms with van der Waals surface area (Å²) in [7, 11) is 0. The maximum atomic E-state index is 14.1. The highest BCUT2D eigenvalue weighted by molar-refractivity contribution is 5.60. The minimum atomic E-state index is -0.441. The second-order valence-corrected chi connectivity index (χ2v) is 4.86. The van der Waals surface area contributed by atoms with Gasteiger partial charge in [0.2, 0.25) is 0 Å². The van der Waals surface area contributed by atoms with E-state index < -0.39 is 11.0 Å². The molecule has 0 saturated carbocycles. The molecule has 2 N–H and O–H groups in total. The zero-order valence-electron chi connectivity index (χ0n) is 11.2. The van der Waals surface area contributed by atoms with E-state index in [9.17, 15) is 14.5 Å². The van der Waals surface area contributed by atoms with Crippen molar-refractivity contribution < 1.29 is 9.31 Å². The fourth-order valence-electron chi connectivity index (χ4n) is 2.57. The van der Waals surface area contributed by atoms with E-state index in [2.05, 4.69) is 10.6 Å². The van der Waals surface area contributed by atoms with Gasteiger partial charge in [-0.25, -0.2) is 4.39 Å². The van der Waals surface area contributed by atoms with Crippen molar-refractivity contribution in [1.29, 1.82) is 0 Å². The Morgan fingerprint density at radius 1 is 1.14 bits per heavy atom. The van der Waals surface area contributed by atoms with Crippen LogP contribution in [0.1, 0.15) is 17.2 Å². The molecular weight excluding hydrogens is 273 g/mol. The molecule has 0 fully saturated rings. The Balaban J connectivity index is 2.13. The van der Waals surface area contributed by atoms with Crippen LogP contribution in [0.3, 0.4) is 0 Å². The van der Waals surface area contributed by atoms with Crippen molar-refractivity contribution in [2.45, 2.75) is 6.04 Å². The Morgan fingerprint density at radius 2 is 1.95 bits per heavy atom. The molecule has 0 spiro atoms. The normalized spacial score (nSPS) is 17.5. The molecule has 6 heteroatoms. The van der Waals surface area contributed by atoms with Crippen LogP contribution >= 0.6 is 0 Å². The summed E-state index contributed by atoms with van der Waals surface area (Å²) < 4.78 is 14.1. The topological polar surface area (TPSA) is 67.2 Å². The maximum Gasteiger partial charge on any atom is 0.269 e. The molecule has 1 heterocycles. The third-order valence-corrected chi connectivity index (χ3v) is 3.56. The fraction of sp³-hybridized carbons (Fsp3) is 0.200. The summed E-state index contributed by atoms with van der Waals surface area (Å²) in [5, 5.41) is 17.4. The number of hydrogen-bond acceptors (Lipinski definition) is 4. The van der Waals surface area contributed by atoms with E-state index in [4.69, 9.17) is 0 Å². The molecule has 1 aliphatic rings. The molecule has 2 aromatic rings. The number of anilines is 1. The van der Waals surface area contributed by atoms with Crippen LogP contribution in [0.2, 0.25) is 0 Å². The first kappa shape index (κ1) is 13.5. The van der Waals surface area contributed by atoms with Crippen molar-refractivity contribution in [2.75, 3.05) is 18.4 Å². The Labute approximate surface area is 120 Å². The van der Waals surface area contributed by atoms with Gasteiger partial charge in [0.25, 0.3) is 5.69 Å². The molecule has 0 saturated heterocycles. The fourth-order valence-corrected chi connectivity index (χ4v) is 2.57. The lowest BCUT2D eigenvalue weighted by atomic mass is 9.96. The van der Waals surface area contributed by atoms with Crippen molar-refractivity contribution >= 4 is 11.4 Å². The zero-order chi connectivity index (χ0) is 14.8. The van der Waals surface area contributed by atoms with E-state index in [0.29, 0.717) is 24.2 Å². The number of nitrogens with zero attached hydrogens (tertiary/aromatic N) is 1. The maximum absolute atomic E-state index is 14.1. The Morgan fingerprint density at radius 3 is 2.71 bits per heavy atom. The number of fused-ring (bicyclic) bond motifs is 1. The van der Waals surface area contributed by atoms with Crippen LogP contribution in [-0.4, -0.2) is 18.0 Å². The molecule has 0 aromatic heterocycles. The number of halogens is 1. The lowest BCUT2D eigenvalue weighted by Gasteiger charge is -2.19. The molecule has 1 aliphatic heterocycles. The smallest absolute Gasteiger partial charge is 0.269 e. The molecular formula is C15H14FN3O2. The van der Waals surface area contributed by atoms with Crippen LogP contribution in [0.25, 0.3) is 0 Å². The molecule has 1 unspecified atom stereocenters. The van der Waals surface area contributed by atoms with Gasteiger partial charge in [0.15, 0.2) is 0 Å². The minimum absolute atomic E-state index is 0.000546. The van der Waals surface area contributed by atoms with Gasteiger partial charge in [-0.1, -0.05) is 18.2 Å². The Bertz CT molecular complexity index is 690. The summed E-state index contributed by atoms with van der Waals surface area (Å²) in [5.41, 5.74) is 1.97. The molecule has 3 rings (SSSR count). The molecule has 21 heavy (non-hydrogen) atoms. The Hall–Kier alpha value is -2.47. The zero-order valence-corrected chi connectivity index (χ0v) is 11.2.